The zero-order valence-corrected chi connectivity index (χ0v) is 20.7. The highest BCUT2D eigenvalue weighted by atomic mass is 32.2. The quantitative estimate of drug-likeness (QED) is 0.299. The van der Waals surface area contributed by atoms with E-state index in [9.17, 15) is 17.6 Å². The van der Waals surface area contributed by atoms with E-state index >= 15 is 0 Å². The lowest BCUT2D eigenvalue weighted by Gasteiger charge is -2.12. The lowest BCUT2D eigenvalue weighted by atomic mass is 10.00. The van der Waals surface area contributed by atoms with Crippen LogP contribution in [0.15, 0.2) is 63.9 Å². The van der Waals surface area contributed by atoms with Crippen LogP contribution in [0.4, 0.5) is 10.2 Å². The van der Waals surface area contributed by atoms with Crippen molar-refractivity contribution in [3.05, 3.63) is 87.7 Å². The van der Waals surface area contributed by atoms with Gasteiger partial charge in [0.15, 0.2) is 11.6 Å². The molecule has 184 valence electrons. The topological polar surface area (TPSA) is 123 Å². The number of ether oxygens (including phenoxy) is 1. The molecule has 0 unspecified atom stereocenters. The number of para-hydroxylation sites is 1. The second-order valence-corrected chi connectivity index (χ2v) is 10.4. The molecule has 2 aromatic carbocycles. The second kappa shape index (κ2) is 9.30. The second-order valence-electron chi connectivity index (χ2n) is 7.82. The fourth-order valence-corrected chi connectivity index (χ4v) is 5.03. The fourth-order valence-electron chi connectivity index (χ4n) is 3.70. The van der Waals surface area contributed by atoms with E-state index in [2.05, 4.69) is 9.97 Å². The molecule has 5 rings (SSSR count). The van der Waals surface area contributed by atoms with Gasteiger partial charge in [0.25, 0.3) is 15.4 Å². The molecule has 0 amide bonds. The molecular formula is C24H19FN4O5S2. The van der Waals surface area contributed by atoms with Gasteiger partial charge in [0.05, 0.1) is 10.2 Å². The number of benzene rings is 2. The molecular weight excluding hydrogens is 507 g/mol. The van der Waals surface area contributed by atoms with Crippen molar-refractivity contribution >= 4 is 48.5 Å². The van der Waals surface area contributed by atoms with Gasteiger partial charge in [0.1, 0.15) is 11.3 Å². The Labute approximate surface area is 208 Å². The number of rotatable bonds is 7. The lowest BCUT2D eigenvalue weighted by Crippen LogP contribution is -2.27. The highest BCUT2D eigenvalue weighted by Crippen LogP contribution is 2.33. The summed E-state index contributed by atoms with van der Waals surface area (Å²) in [6.07, 6.45) is 1.15. The van der Waals surface area contributed by atoms with E-state index in [0.29, 0.717) is 27.5 Å². The molecule has 0 atom stereocenters. The third kappa shape index (κ3) is 4.65. The molecule has 2 N–H and O–H groups in total. The Hall–Kier alpha value is -3.87. The number of pyridine rings is 1. The standard InChI is InChI=1S/C24H19FN4O5S2/c1-13-16-8-7-15(33-24-28-18-5-3-4-6-20(18)35-24)12-19(16)34-23(30)17(13)11-14-9-10-27-22(21(14)25)29-36(31,32)26-2/h3-10,12,26H,11H2,1-2H3,(H,27,29). The highest BCUT2D eigenvalue weighted by molar-refractivity contribution is 7.90. The first-order valence-corrected chi connectivity index (χ1v) is 13.0. The number of halogens is 1. The van der Waals surface area contributed by atoms with Crippen LogP contribution in [0.25, 0.3) is 21.2 Å². The number of aromatic nitrogens is 2. The molecule has 36 heavy (non-hydrogen) atoms. The molecule has 0 aliphatic rings. The van der Waals surface area contributed by atoms with Crippen molar-refractivity contribution in [2.45, 2.75) is 13.3 Å². The Morgan fingerprint density at radius 3 is 2.75 bits per heavy atom. The Bertz CT molecular complexity index is 1750. The summed E-state index contributed by atoms with van der Waals surface area (Å²) >= 11 is 1.40. The van der Waals surface area contributed by atoms with E-state index in [-0.39, 0.29) is 17.5 Å². The molecule has 9 nitrogen and oxygen atoms in total. The Balaban J connectivity index is 1.46. The molecule has 0 saturated carbocycles. The number of aryl methyl sites for hydroxylation is 1. The zero-order valence-electron chi connectivity index (χ0n) is 19.0. The minimum absolute atomic E-state index is 0.0874. The number of anilines is 1. The van der Waals surface area contributed by atoms with Gasteiger partial charge < -0.3 is 9.15 Å². The number of thiazole rings is 1. The first kappa shape index (κ1) is 23.9. The van der Waals surface area contributed by atoms with E-state index in [0.717, 1.165) is 10.2 Å². The third-order valence-electron chi connectivity index (χ3n) is 5.57. The van der Waals surface area contributed by atoms with Gasteiger partial charge in [-0.3, -0.25) is 4.72 Å². The van der Waals surface area contributed by atoms with Crippen molar-refractivity contribution in [1.29, 1.82) is 0 Å². The molecule has 0 radical (unpaired) electrons. The van der Waals surface area contributed by atoms with Crippen LogP contribution in [0.5, 0.6) is 10.9 Å². The van der Waals surface area contributed by atoms with Crippen LogP contribution in [-0.4, -0.2) is 25.4 Å². The van der Waals surface area contributed by atoms with Crippen LogP contribution in [0, 0.1) is 12.7 Å². The first-order chi connectivity index (χ1) is 17.2. The van der Waals surface area contributed by atoms with Gasteiger partial charge in [-0.1, -0.05) is 23.5 Å². The summed E-state index contributed by atoms with van der Waals surface area (Å²) in [7, 11) is -2.78. The number of hydrogen-bond acceptors (Lipinski definition) is 8. The molecule has 12 heteroatoms. The van der Waals surface area contributed by atoms with Crippen LogP contribution in [0.2, 0.25) is 0 Å². The van der Waals surface area contributed by atoms with Gasteiger partial charge in [-0.05, 0) is 48.4 Å². The van der Waals surface area contributed by atoms with Crippen LogP contribution in [0.3, 0.4) is 0 Å². The van der Waals surface area contributed by atoms with E-state index < -0.39 is 27.5 Å². The normalized spacial score (nSPS) is 11.8. The van der Waals surface area contributed by atoms with Crippen LogP contribution < -0.4 is 19.8 Å². The van der Waals surface area contributed by atoms with Gasteiger partial charge in [-0.25, -0.2) is 23.9 Å². The summed E-state index contributed by atoms with van der Waals surface area (Å²) in [5.74, 6) is -0.894. The molecule has 0 spiro atoms. The van der Waals surface area contributed by atoms with Gasteiger partial charge in [0, 0.05) is 36.7 Å². The molecule has 0 bridgehead atoms. The van der Waals surface area contributed by atoms with Gasteiger partial charge >= 0.3 is 5.63 Å². The molecule has 3 aromatic heterocycles. The van der Waals surface area contributed by atoms with Crippen molar-refractivity contribution in [1.82, 2.24) is 14.7 Å². The summed E-state index contributed by atoms with van der Waals surface area (Å²) in [4.78, 5) is 21.0. The fraction of sp³-hybridized carbons (Fsp3) is 0.125. The SMILES string of the molecule is CNS(=O)(=O)Nc1nccc(Cc2c(C)c3ccc(Oc4nc5ccccc5s4)cc3oc2=O)c1F. The van der Waals surface area contributed by atoms with Crippen molar-refractivity contribution in [2.75, 3.05) is 11.8 Å². The Kier molecular flexibility index (Phi) is 6.16. The van der Waals surface area contributed by atoms with Crippen molar-refractivity contribution in [2.24, 2.45) is 0 Å². The van der Waals surface area contributed by atoms with Crippen molar-refractivity contribution in [3.63, 3.8) is 0 Å². The summed E-state index contributed by atoms with van der Waals surface area (Å²) in [5.41, 5.74) is 1.46. The predicted octanol–water partition coefficient (Wildman–Crippen LogP) is 4.50. The van der Waals surface area contributed by atoms with Crippen LogP contribution in [0.1, 0.15) is 16.7 Å². The maximum Gasteiger partial charge on any atom is 0.340 e. The third-order valence-corrected chi connectivity index (χ3v) is 7.49. The minimum Gasteiger partial charge on any atom is -0.431 e. The molecule has 5 aromatic rings. The number of nitrogens with zero attached hydrogens (tertiary/aromatic N) is 2. The van der Waals surface area contributed by atoms with E-state index in [4.69, 9.17) is 9.15 Å². The number of nitrogens with one attached hydrogen (secondary N) is 2. The average Bonchev–Trinajstić information content (AvgIpc) is 3.26. The summed E-state index contributed by atoms with van der Waals surface area (Å²) < 4.78 is 54.9. The van der Waals surface area contributed by atoms with Gasteiger partial charge in [-0.2, -0.15) is 8.42 Å². The summed E-state index contributed by atoms with van der Waals surface area (Å²) in [5, 5.41) is 1.12. The van der Waals surface area contributed by atoms with E-state index in [1.807, 2.05) is 33.7 Å². The smallest absolute Gasteiger partial charge is 0.340 e. The van der Waals surface area contributed by atoms with E-state index in [1.54, 1.807) is 25.1 Å². The molecule has 3 heterocycles. The lowest BCUT2D eigenvalue weighted by molar-refractivity contribution is 0.477. The molecule has 0 fully saturated rings. The predicted molar refractivity (Wildman–Crippen MR) is 136 cm³/mol. The number of hydrogen-bond donors (Lipinski definition) is 2. The van der Waals surface area contributed by atoms with Gasteiger partial charge in [0.2, 0.25) is 0 Å². The van der Waals surface area contributed by atoms with Gasteiger partial charge in [-0.15, -0.1) is 0 Å². The maximum absolute atomic E-state index is 15.0. The molecule has 0 aliphatic heterocycles. The molecule has 0 saturated heterocycles. The van der Waals surface area contributed by atoms with Crippen molar-refractivity contribution in [3.8, 4) is 10.9 Å². The minimum atomic E-state index is -3.96. The Morgan fingerprint density at radius 1 is 1.17 bits per heavy atom. The van der Waals surface area contributed by atoms with Crippen LogP contribution >= 0.6 is 11.3 Å². The first-order valence-electron chi connectivity index (χ1n) is 10.7. The highest BCUT2D eigenvalue weighted by Gasteiger charge is 2.19. The largest absolute Gasteiger partial charge is 0.431 e. The van der Waals surface area contributed by atoms with Crippen molar-refractivity contribution < 1.29 is 22.0 Å². The summed E-state index contributed by atoms with van der Waals surface area (Å²) in [6, 6.07) is 14.2. The number of fused-ring (bicyclic) bond motifs is 2. The monoisotopic (exact) mass is 526 g/mol. The Morgan fingerprint density at radius 2 is 1.97 bits per heavy atom. The van der Waals surface area contributed by atoms with Crippen LogP contribution in [-0.2, 0) is 16.6 Å². The zero-order chi connectivity index (χ0) is 25.4. The summed E-state index contributed by atoms with van der Waals surface area (Å²) in [6.45, 7) is 1.74. The maximum atomic E-state index is 15.0. The molecule has 0 aliphatic carbocycles. The average molecular weight is 527 g/mol. The van der Waals surface area contributed by atoms with E-state index in [1.165, 1.54) is 30.6 Å².